The minimum Gasteiger partial charge on any atom is -0.355 e. The maximum absolute atomic E-state index is 2.12. The second-order valence-corrected chi connectivity index (χ2v) is 1.51. The van der Waals surface area contributed by atoms with E-state index in [-0.39, 0.29) is 7.43 Å². The first kappa shape index (κ1) is 12.0. The predicted molar refractivity (Wildman–Crippen MR) is 48.2 cm³/mol. The standard InChI is InChI=1S/C6H9N.C2H6.CH4/c1-2-7-5-3-4-6-7;1-2;/h3-6H,2H2,1H3;1-2H3;1H4. The minimum absolute atomic E-state index is 0. The summed E-state index contributed by atoms with van der Waals surface area (Å²) in [7, 11) is 0. The van der Waals surface area contributed by atoms with Gasteiger partial charge in [0.1, 0.15) is 0 Å². The highest BCUT2D eigenvalue weighted by Crippen LogP contribution is 1.86. The zero-order valence-electron chi connectivity index (χ0n) is 6.46. The van der Waals surface area contributed by atoms with Crippen molar-refractivity contribution >= 4 is 0 Å². The fourth-order valence-electron chi connectivity index (χ4n) is 0.581. The van der Waals surface area contributed by atoms with Gasteiger partial charge in [-0.05, 0) is 19.1 Å². The van der Waals surface area contributed by atoms with E-state index in [4.69, 9.17) is 0 Å². The SMILES string of the molecule is C.CC.CCn1cccc1. The molecule has 0 aliphatic carbocycles. The van der Waals surface area contributed by atoms with Gasteiger partial charge in [0.15, 0.2) is 0 Å². The Morgan fingerprint density at radius 2 is 1.50 bits per heavy atom. The summed E-state index contributed by atoms with van der Waals surface area (Å²) in [6, 6.07) is 4.06. The highest BCUT2D eigenvalue weighted by molar-refractivity contribution is 4.89. The van der Waals surface area contributed by atoms with Crippen molar-refractivity contribution in [1.29, 1.82) is 0 Å². The zero-order chi connectivity index (χ0) is 7.11. The van der Waals surface area contributed by atoms with E-state index in [1.807, 2.05) is 26.0 Å². The Morgan fingerprint density at radius 3 is 1.70 bits per heavy atom. The van der Waals surface area contributed by atoms with Gasteiger partial charge < -0.3 is 4.57 Å². The Kier molecular flexibility index (Phi) is 9.94. The Hall–Kier alpha value is -0.720. The van der Waals surface area contributed by atoms with Gasteiger partial charge in [0, 0.05) is 18.9 Å². The van der Waals surface area contributed by atoms with E-state index < -0.39 is 0 Å². The van der Waals surface area contributed by atoms with Crippen molar-refractivity contribution in [3.8, 4) is 0 Å². The number of rotatable bonds is 1. The smallest absolute Gasteiger partial charge is 0.0191 e. The summed E-state index contributed by atoms with van der Waals surface area (Å²) in [6.07, 6.45) is 4.11. The van der Waals surface area contributed by atoms with Crippen LogP contribution in [0.2, 0.25) is 0 Å². The van der Waals surface area contributed by atoms with Gasteiger partial charge in [-0.1, -0.05) is 21.3 Å². The van der Waals surface area contributed by atoms with Crippen LogP contribution < -0.4 is 0 Å². The lowest BCUT2D eigenvalue weighted by atomic mass is 10.7. The number of aromatic nitrogens is 1. The molecule has 1 heteroatoms. The molecule has 60 valence electrons. The van der Waals surface area contributed by atoms with Crippen molar-refractivity contribution in [3.63, 3.8) is 0 Å². The van der Waals surface area contributed by atoms with Gasteiger partial charge in [0.05, 0.1) is 0 Å². The summed E-state index contributed by atoms with van der Waals surface area (Å²) in [5, 5.41) is 0. The molecule has 1 nitrogen and oxygen atoms in total. The van der Waals surface area contributed by atoms with Crippen molar-refractivity contribution in [3.05, 3.63) is 24.5 Å². The van der Waals surface area contributed by atoms with Crippen LogP contribution in [0.4, 0.5) is 0 Å². The van der Waals surface area contributed by atoms with E-state index >= 15 is 0 Å². The molecule has 0 aliphatic heterocycles. The molecule has 0 fully saturated rings. The first-order valence-corrected chi connectivity index (χ1v) is 3.54. The lowest BCUT2D eigenvalue weighted by Crippen LogP contribution is -1.85. The van der Waals surface area contributed by atoms with Gasteiger partial charge in [-0.25, -0.2) is 0 Å². The normalized spacial score (nSPS) is 7.10. The summed E-state index contributed by atoms with van der Waals surface area (Å²) in [5.41, 5.74) is 0. The molecule has 1 heterocycles. The van der Waals surface area contributed by atoms with Crippen molar-refractivity contribution in [1.82, 2.24) is 4.57 Å². The van der Waals surface area contributed by atoms with Crippen LogP contribution in [0.3, 0.4) is 0 Å². The molecule has 1 rings (SSSR count). The molecule has 0 aromatic carbocycles. The Morgan fingerprint density at radius 1 is 1.10 bits per heavy atom. The van der Waals surface area contributed by atoms with E-state index in [1.54, 1.807) is 0 Å². The lowest BCUT2D eigenvalue weighted by Gasteiger charge is -1.89. The molecule has 0 spiro atoms. The summed E-state index contributed by atoms with van der Waals surface area (Å²) in [6.45, 7) is 7.20. The topological polar surface area (TPSA) is 4.93 Å². The molecule has 0 unspecified atom stereocenters. The maximum Gasteiger partial charge on any atom is 0.0191 e. The molecular formula is C9H19N. The minimum atomic E-state index is 0. The van der Waals surface area contributed by atoms with Gasteiger partial charge in [-0.3, -0.25) is 0 Å². The number of nitrogens with zero attached hydrogens (tertiary/aromatic N) is 1. The lowest BCUT2D eigenvalue weighted by molar-refractivity contribution is 0.769. The van der Waals surface area contributed by atoms with Gasteiger partial charge in [-0.2, -0.15) is 0 Å². The largest absolute Gasteiger partial charge is 0.355 e. The quantitative estimate of drug-likeness (QED) is 0.566. The van der Waals surface area contributed by atoms with Crippen LogP contribution in [-0.2, 0) is 6.54 Å². The van der Waals surface area contributed by atoms with Gasteiger partial charge in [0.25, 0.3) is 0 Å². The van der Waals surface area contributed by atoms with E-state index in [0.717, 1.165) is 6.54 Å². The number of aryl methyl sites for hydroxylation is 1. The first-order valence-electron chi connectivity index (χ1n) is 3.54. The third-order valence-corrected chi connectivity index (χ3v) is 1.03. The van der Waals surface area contributed by atoms with E-state index in [9.17, 15) is 0 Å². The van der Waals surface area contributed by atoms with Crippen LogP contribution in [0.15, 0.2) is 24.5 Å². The van der Waals surface area contributed by atoms with E-state index in [0.29, 0.717) is 0 Å². The molecule has 0 aliphatic rings. The monoisotopic (exact) mass is 141 g/mol. The molecule has 0 atom stereocenters. The van der Waals surface area contributed by atoms with Crippen LogP contribution >= 0.6 is 0 Å². The summed E-state index contributed by atoms with van der Waals surface area (Å²) >= 11 is 0. The van der Waals surface area contributed by atoms with Crippen LogP contribution in [-0.4, -0.2) is 4.57 Å². The third kappa shape index (κ3) is 4.19. The molecule has 0 amide bonds. The Labute approximate surface area is 64.7 Å². The van der Waals surface area contributed by atoms with Crippen molar-refractivity contribution in [2.45, 2.75) is 34.7 Å². The molecule has 1 aromatic heterocycles. The van der Waals surface area contributed by atoms with Crippen LogP contribution in [0.25, 0.3) is 0 Å². The second-order valence-electron chi connectivity index (χ2n) is 1.51. The van der Waals surface area contributed by atoms with E-state index in [1.165, 1.54) is 0 Å². The second kappa shape index (κ2) is 8.28. The van der Waals surface area contributed by atoms with Crippen molar-refractivity contribution in [2.75, 3.05) is 0 Å². The van der Waals surface area contributed by atoms with E-state index in [2.05, 4.69) is 23.9 Å². The molecule has 0 radical (unpaired) electrons. The van der Waals surface area contributed by atoms with Gasteiger partial charge in [-0.15, -0.1) is 0 Å². The zero-order valence-corrected chi connectivity index (χ0v) is 6.46. The van der Waals surface area contributed by atoms with Crippen LogP contribution in [0.5, 0.6) is 0 Å². The van der Waals surface area contributed by atoms with Gasteiger partial charge in [0.2, 0.25) is 0 Å². The van der Waals surface area contributed by atoms with Gasteiger partial charge >= 0.3 is 0 Å². The highest BCUT2D eigenvalue weighted by atomic mass is 14.9. The average molecular weight is 141 g/mol. The molecule has 0 saturated heterocycles. The first-order chi connectivity index (χ1) is 4.43. The Balaban J connectivity index is 0. The van der Waals surface area contributed by atoms with Crippen molar-refractivity contribution in [2.24, 2.45) is 0 Å². The molecule has 10 heavy (non-hydrogen) atoms. The Bertz CT molecular complexity index is 119. The fraction of sp³-hybridized carbons (Fsp3) is 0.556. The average Bonchev–Trinajstić information content (AvgIpc) is 2.43. The summed E-state index contributed by atoms with van der Waals surface area (Å²) in [5.74, 6) is 0. The summed E-state index contributed by atoms with van der Waals surface area (Å²) < 4.78 is 2.12. The maximum atomic E-state index is 2.12. The third-order valence-electron chi connectivity index (χ3n) is 1.03. The van der Waals surface area contributed by atoms with Crippen LogP contribution in [0.1, 0.15) is 28.2 Å². The summed E-state index contributed by atoms with van der Waals surface area (Å²) in [4.78, 5) is 0. The molecule has 0 saturated carbocycles. The molecule has 1 aromatic rings. The van der Waals surface area contributed by atoms with Crippen molar-refractivity contribution < 1.29 is 0 Å². The molecular weight excluding hydrogens is 122 g/mol. The molecule has 0 bridgehead atoms. The number of hydrogen-bond acceptors (Lipinski definition) is 0. The van der Waals surface area contributed by atoms with Crippen LogP contribution in [0, 0.1) is 0 Å². The predicted octanol–water partition coefficient (Wildman–Crippen LogP) is 3.17. The highest BCUT2D eigenvalue weighted by Gasteiger charge is 1.75. The fourth-order valence-corrected chi connectivity index (χ4v) is 0.581. The number of hydrogen-bond donors (Lipinski definition) is 0. The molecule has 0 N–H and O–H groups in total.